The minimum atomic E-state index is -3.43. The number of amides is 2. The molecule has 2 amide bonds. The van der Waals surface area contributed by atoms with Crippen LogP contribution in [0.5, 0.6) is 0 Å². The van der Waals surface area contributed by atoms with Gasteiger partial charge in [-0.05, 0) is 42.8 Å². The van der Waals surface area contributed by atoms with Gasteiger partial charge in [0.1, 0.15) is 4.33 Å². The Morgan fingerprint density at radius 2 is 1.79 bits per heavy atom. The van der Waals surface area contributed by atoms with Gasteiger partial charge in [-0.15, -0.1) is 23.2 Å². The van der Waals surface area contributed by atoms with Crippen molar-refractivity contribution >= 4 is 67.8 Å². The maximum absolute atomic E-state index is 12.4. The largest absolute Gasteiger partial charge is 0.326 e. The Morgan fingerprint density at radius 1 is 1.11 bits per heavy atom. The molecule has 0 heterocycles. The molecule has 3 rings (SSSR count). The highest BCUT2D eigenvalue weighted by Gasteiger charge is 2.56. The van der Waals surface area contributed by atoms with E-state index in [0.29, 0.717) is 17.8 Å². The van der Waals surface area contributed by atoms with Crippen molar-refractivity contribution in [3.05, 3.63) is 53.1 Å². The van der Waals surface area contributed by atoms with E-state index in [0.717, 1.165) is 6.26 Å². The summed E-state index contributed by atoms with van der Waals surface area (Å²) >= 11 is 17.9. The van der Waals surface area contributed by atoms with E-state index in [2.05, 4.69) is 10.6 Å². The molecule has 0 radical (unpaired) electrons. The first-order chi connectivity index (χ1) is 13.0. The van der Waals surface area contributed by atoms with E-state index in [9.17, 15) is 18.0 Å². The molecule has 0 aromatic heterocycles. The van der Waals surface area contributed by atoms with Gasteiger partial charge in [0.05, 0.1) is 21.5 Å². The molecule has 0 saturated heterocycles. The van der Waals surface area contributed by atoms with Crippen molar-refractivity contribution in [2.75, 3.05) is 16.9 Å². The number of hydrogen-bond donors (Lipinski definition) is 2. The second-order valence-electron chi connectivity index (χ2n) is 6.46. The fraction of sp³-hybridized carbons (Fsp3) is 0.222. The third kappa shape index (κ3) is 4.78. The summed E-state index contributed by atoms with van der Waals surface area (Å²) in [5.74, 6) is -1.30. The van der Waals surface area contributed by atoms with Gasteiger partial charge in [0, 0.05) is 17.5 Å². The summed E-state index contributed by atoms with van der Waals surface area (Å²) < 4.78 is 22.2. The maximum atomic E-state index is 12.4. The first-order valence-corrected chi connectivity index (χ1v) is 11.1. The molecule has 2 aromatic rings. The lowest BCUT2D eigenvalue weighted by atomic mass is 10.2. The van der Waals surface area contributed by atoms with Crippen molar-refractivity contribution in [3.63, 3.8) is 0 Å². The summed E-state index contributed by atoms with van der Waals surface area (Å²) in [6.07, 6.45) is 1.45. The van der Waals surface area contributed by atoms with E-state index in [1.807, 2.05) is 0 Å². The zero-order chi connectivity index (χ0) is 20.7. The van der Waals surface area contributed by atoms with Crippen LogP contribution in [0.25, 0.3) is 0 Å². The molecule has 1 aliphatic rings. The smallest absolute Gasteiger partial charge is 0.255 e. The Hall–Kier alpha value is -1.80. The number of hydrogen-bond acceptors (Lipinski definition) is 4. The summed E-state index contributed by atoms with van der Waals surface area (Å²) in [5, 5.41) is 5.48. The second kappa shape index (κ2) is 7.55. The van der Waals surface area contributed by atoms with Crippen molar-refractivity contribution in [1.82, 2.24) is 0 Å². The first kappa shape index (κ1) is 20.9. The molecule has 148 valence electrons. The van der Waals surface area contributed by atoms with Gasteiger partial charge >= 0.3 is 0 Å². The highest BCUT2D eigenvalue weighted by molar-refractivity contribution is 7.90. The van der Waals surface area contributed by atoms with Gasteiger partial charge in [-0.25, -0.2) is 8.42 Å². The summed E-state index contributed by atoms with van der Waals surface area (Å²) in [6, 6.07) is 10.2. The molecular formula is C18H15Cl3N2O4S. The molecule has 28 heavy (non-hydrogen) atoms. The van der Waals surface area contributed by atoms with E-state index >= 15 is 0 Å². The van der Waals surface area contributed by atoms with E-state index in [1.54, 1.807) is 6.07 Å². The van der Waals surface area contributed by atoms with Gasteiger partial charge in [-0.3, -0.25) is 9.59 Å². The Balaban J connectivity index is 1.71. The third-order valence-electron chi connectivity index (χ3n) is 4.15. The number of rotatable bonds is 5. The minimum absolute atomic E-state index is 0.0408. The molecule has 0 spiro atoms. The average molecular weight is 462 g/mol. The van der Waals surface area contributed by atoms with Crippen LogP contribution in [-0.4, -0.2) is 30.8 Å². The minimum Gasteiger partial charge on any atom is -0.326 e. The van der Waals surface area contributed by atoms with Gasteiger partial charge in [0.25, 0.3) is 5.91 Å². The topological polar surface area (TPSA) is 92.3 Å². The Bertz CT molecular complexity index is 1070. The number of carbonyl (C=O) groups is 2. The number of carbonyl (C=O) groups excluding carboxylic acids is 2. The number of sulfone groups is 1. The molecule has 1 saturated carbocycles. The highest BCUT2D eigenvalue weighted by Crippen LogP contribution is 2.53. The highest BCUT2D eigenvalue weighted by atomic mass is 35.5. The summed E-state index contributed by atoms with van der Waals surface area (Å²) in [4.78, 5) is 24.5. The summed E-state index contributed by atoms with van der Waals surface area (Å²) in [6.45, 7) is 0. The lowest BCUT2D eigenvalue weighted by molar-refractivity contribution is -0.117. The van der Waals surface area contributed by atoms with E-state index in [-0.39, 0.29) is 21.4 Å². The molecule has 0 aliphatic heterocycles. The van der Waals surface area contributed by atoms with Gasteiger partial charge in [0.2, 0.25) is 5.91 Å². The molecule has 1 aliphatic carbocycles. The molecule has 6 nitrogen and oxygen atoms in total. The Labute approximate surface area is 177 Å². The van der Waals surface area contributed by atoms with Crippen LogP contribution in [0.4, 0.5) is 11.4 Å². The lowest BCUT2D eigenvalue weighted by Gasteiger charge is -2.11. The zero-order valence-electron chi connectivity index (χ0n) is 14.5. The average Bonchev–Trinajstić information content (AvgIpc) is 3.25. The fourth-order valence-electron chi connectivity index (χ4n) is 2.48. The van der Waals surface area contributed by atoms with E-state index in [1.165, 1.54) is 36.4 Å². The predicted molar refractivity (Wildman–Crippen MR) is 110 cm³/mol. The van der Waals surface area contributed by atoms with Crippen LogP contribution in [-0.2, 0) is 14.6 Å². The SMILES string of the molecule is CS(=O)(=O)c1cccc(C(=O)Nc2ccc(NC(=O)C3CC3(Cl)Cl)cc2Cl)c1. The zero-order valence-corrected chi connectivity index (χ0v) is 17.6. The standard InChI is InChI=1S/C18H15Cl3N2O4S/c1-28(26,27)12-4-2-3-10(7-12)16(24)23-15-6-5-11(8-14(15)19)22-17(25)13-9-18(13,20)21/h2-8,13H,9H2,1H3,(H,22,25)(H,23,24). The molecule has 10 heteroatoms. The Kier molecular flexibility index (Phi) is 5.64. The number of nitrogens with one attached hydrogen (secondary N) is 2. The van der Waals surface area contributed by atoms with Crippen LogP contribution in [0.3, 0.4) is 0 Å². The predicted octanol–water partition coefficient (Wildman–Crippen LogP) is 4.13. The Morgan fingerprint density at radius 3 is 2.36 bits per heavy atom. The molecule has 2 aromatic carbocycles. The summed E-state index contributed by atoms with van der Waals surface area (Å²) in [7, 11) is -3.43. The first-order valence-electron chi connectivity index (χ1n) is 8.07. The van der Waals surface area contributed by atoms with Crippen molar-refractivity contribution in [2.45, 2.75) is 15.6 Å². The van der Waals surface area contributed by atoms with Gasteiger partial charge in [-0.2, -0.15) is 0 Å². The van der Waals surface area contributed by atoms with Crippen molar-refractivity contribution in [3.8, 4) is 0 Å². The number of anilines is 2. The molecule has 1 atom stereocenters. The summed E-state index contributed by atoms with van der Waals surface area (Å²) in [5.41, 5.74) is 0.915. The van der Waals surface area contributed by atoms with E-state index < -0.39 is 26.0 Å². The van der Waals surface area contributed by atoms with Crippen LogP contribution < -0.4 is 10.6 Å². The normalized spacial score (nSPS) is 17.6. The maximum Gasteiger partial charge on any atom is 0.255 e. The van der Waals surface area contributed by atoms with Crippen LogP contribution in [0.2, 0.25) is 5.02 Å². The monoisotopic (exact) mass is 460 g/mol. The van der Waals surface area contributed by atoms with Crippen molar-refractivity contribution in [2.24, 2.45) is 5.92 Å². The fourth-order valence-corrected chi connectivity index (χ4v) is 3.89. The van der Waals surface area contributed by atoms with Gasteiger partial charge in [0.15, 0.2) is 9.84 Å². The molecule has 0 bridgehead atoms. The molecule has 1 unspecified atom stereocenters. The number of alkyl halides is 2. The van der Waals surface area contributed by atoms with Gasteiger partial charge in [-0.1, -0.05) is 17.7 Å². The van der Waals surface area contributed by atoms with E-state index in [4.69, 9.17) is 34.8 Å². The third-order valence-corrected chi connectivity index (χ3v) is 6.41. The van der Waals surface area contributed by atoms with Crippen molar-refractivity contribution in [1.29, 1.82) is 0 Å². The lowest BCUT2D eigenvalue weighted by Crippen LogP contribution is -2.17. The number of halogens is 3. The number of benzene rings is 2. The van der Waals surface area contributed by atoms with Crippen LogP contribution in [0.1, 0.15) is 16.8 Å². The molecule has 2 N–H and O–H groups in total. The van der Waals surface area contributed by atoms with Crippen LogP contribution in [0, 0.1) is 5.92 Å². The quantitative estimate of drug-likeness (QED) is 0.655. The van der Waals surface area contributed by atoms with Crippen molar-refractivity contribution < 1.29 is 18.0 Å². The second-order valence-corrected chi connectivity index (χ2v) is 10.4. The molecule has 1 fully saturated rings. The van der Waals surface area contributed by atoms with Crippen LogP contribution in [0.15, 0.2) is 47.4 Å². The molecular weight excluding hydrogens is 447 g/mol. The van der Waals surface area contributed by atoms with Gasteiger partial charge < -0.3 is 10.6 Å². The van der Waals surface area contributed by atoms with Crippen LogP contribution >= 0.6 is 34.8 Å².